The van der Waals surface area contributed by atoms with Crippen molar-refractivity contribution in [1.82, 2.24) is 4.90 Å². The monoisotopic (exact) mass is 253 g/mol. The summed E-state index contributed by atoms with van der Waals surface area (Å²) in [5.41, 5.74) is 1.13. The standard InChI is InChI=1S/C13H19NO2S/c1-11(9-15)17-10-13(16)14(2)8-12-6-4-3-5-7-12/h3-7,11,15H,8-10H2,1-2H3. The van der Waals surface area contributed by atoms with Gasteiger partial charge in [-0.3, -0.25) is 4.79 Å². The number of aliphatic hydroxyl groups is 1. The van der Waals surface area contributed by atoms with Gasteiger partial charge in [0, 0.05) is 18.8 Å². The zero-order valence-corrected chi connectivity index (χ0v) is 11.1. The Morgan fingerprint density at radius 2 is 2.06 bits per heavy atom. The van der Waals surface area contributed by atoms with Crippen LogP contribution in [-0.4, -0.2) is 40.6 Å². The Morgan fingerprint density at radius 1 is 1.41 bits per heavy atom. The number of rotatable bonds is 6. The van der Waals surface area contributed by atoms with E-state index in [1.807, 2.05) is 37.3 Å². The van der Waals surface area contributed by atoms with Crippen molar-refractivity contribution in [3.8, 4) is 0 Å². The predicted molar refractivity (Wildman–Crippen MR) is 71.9 cm³/mol. The van der Waals surface area contributed by atoms with Crippen molar-refractivity contribution in [2.75, 3.05) is 19.4 Å². The smallest absolute Gasteiger partial charge is 0.232 e. The van der Waals surface area contributed by atoms with Crippen LogP contribution in [0.1, 0.15) is 12.5 Å². The number of hydrogen-bond donors (Lipinski definition) is 1. The molecule has 0 aromatic heterocycles. The summed E-state index contributed by atoms with van der Waals surface area (Å²) in [6.45, 7) is 2.66. The highest BCUT2D eigenvalue weighted by Gasteiger charge is 2.11. The van der Waals surface area contributed by atoms with Crippen molar-refractivity contribution < 1.29 is 9.90 Å². The van der Waals surface area contributed by atoms with E-state index in [2.05, 4.69) is 0 Å². The Kier molecular flexibility index (Phi) is 6.08. The molecule has 0 fully saturated rings. The molecule has 17 heavy (non-hydrogen) atoms. The zero-order valence-electron chi connectivity index (χ0n) is 10.3. The molecule has 0 saturated carbocycles. The molecule has 0 saturated heterocycles. The van der Waals surface area contributed by atoms with Crippen LogP contribution in [0, 0.1) is 0 Å². The molecule has 0 heterocycles. The first-order valence-electron chi connectivity index (χ1n) is 5.64. The van der Waals surface area contributed by atoms with Gasteiger partial charge in [0.05, 0.1) is 12.4 Å². The lowest BCUT2D eigenvalue weighted by Crippen LogP contribution is -2.28. The van der Waals surface area contributed by atoms with Crippen LogP contribution in [0.3, 0.4) is 0 Å². The van der Waals surface area contributed by atoms with Gasteiger partial charge in [-0.25, -0.2) is 0 Å². The summed E-state index contributed by atoms with van der Waals surface area (Å²) in [5, 5.41) is 8.99. The lowest BCUT2D eigenvalue weighted by atomic mass is 10.2. The summed E-state index contributed by atoms with van der Waals surface area (Å²) < 4.78 is 0. The van der Waals surface area contributed by atoms with Gasteiger partial charge < -0.3 is 10.0 Å². The fraction of sp³-hybridized carbons (Fsp3) is 0.462. The Balaban J connectivity index is 2.37. The Labute approximate surface area is 107 Å². The number of aliphatic hydroxyl groups excluding tert-OH is 1. The number of hydrogen-bond acceptors (Lipinski definition) is 3. The molecule has 1 aromatic carbocycles. The maximum Gasteiger partial charge on any atom is 0.232 e. The minimum atomic E-state index is 0.0964. The molecular formula is C13H19NO2S. The van der Waals surface area contributed by atoms with Crippen molar-refractivity contribution in [3.63, 3.8) is 0 Å². The molecule has 0 spiro atoms. The number of amides is 1. The van der Waals surface area contributed by atoms with E-state index < -0.39 is 0 Å². The van der Waals surface area contributed by atoms with E-state index in [9.17, 15) is 4.79 Å². The van der Waals surface area contributed by atoms with Gasteiger partial charge in [0.15, 0.2) is 0 Å². The molecule has 4 heteroatoms. The average molecular weight is 253 g/mol. The number of nitrogens with zero attached hydrogens (tertiary/aromatic N) is 1. The molecular weight excluding hydrogens is 234 g/mol. The van der Waals surface area contributed by atoms with Gasteiger partial charge in [-0.1, -0.05) is 37.3 Å². The summed E-state index contributed by atoms with van der Waals surface area (Å²) in [6.07, 6.45) is 0. The first-order valence-corrected chi connectivity index (χ1v) is 6.68. The van der Waals surface area contributed by atoms with Gasteiger partial charge in [-0.2, -0.15) is 0 Å². The van der Waals surface area contributed by atoms with Gasteiger partial charge in [0.2, 0.25) is 5.91 Å². The number of carbonyl (C=O) groups is 1. The summed E-state index contributed by atoms with van der Waals surface area (Å²) in [6, 6.07) is 9.91. The Hall–Kier alpha value is -1.00. The van der Waals surface area contributed by atoms with Crippen molar-refractivity contribution in [2.45, 2.75) is 18.7 Å². The summed E-state index contributed by atoms with van der Waals surface area (Å²) >= 11 is 1.48. The predicted octanol–water partition coefficient (Wildman–Crippen LogP) is 1.76. The molecule has 0 radical (unpaired) electrons. The largest absolute Gasteiger partial charge is 0.395 e. The third kappa shape index (κ3) is 5.24. The Morgan fingerprint density at radius 3 is 2.65 bits per heavy atom. The van der Waals surface area contributed by atoms with Crippen molar-refractivity contribution >= 4 is 17.7 Å². The van der Waals surface area contributed by atoms with Crippen molar-refractivity contribution in [1.29, 1.82) is 0 Å². The molecule has 0 aliphatic rings. The van der Waals surface area contributed by atoms with Gasteiger partial charge in [-0.05, 0) is 5.56 Å². The van der Waals surface area contributed by atoms with Crippen LogP contribution in [-0.2, 0) is 11.3 Å². The third-order valence-electron chi connectivity index (χ3n) is 2.44. The zero-order chi connectivity index (χ0) is 12.7. The first-order chi connectivity index (χ1) is 8.13. The molecule has 0 aliphatic heterocycles. The van der Waals surface area contributed by atoms with Gasteiger partial charge in [0.1, 0.15) is 0 Å². The number of thioether (sulfide) groups is 1. The van der Waals surface area contributed by atoms with Crippen LogP contribution in [0.5, 0.6) is 0 Å². The molecule has 0 aliphatic carbocycles. The summed E-state index contributed by atoms with van der Waals surface area (Å²) in [7, 11) is 1.81. The van der Waals surface area contributed by atoms with E-state index in [1.165, 1.54) is 11.8 Å². The topological polar surface area (TPSA) is 40.5 Å². The van der Waals surface area contributed by atoms with Crippen LogP contribution >= 0.6 is 11.8 Å². The van der Waals surface area contributed by atoms with E-state index in [0.29, 0.717) is 12.3 Å². The second-order valence-electron chi connectivity index (χ2n) is 4.04. The molecule has 1 rings (SSSR count). The molecule has 3 nitrogen and oxygen atoms in total. The maximum absolute atomic E-state index is 11.8. The lowest BCUT2D eigenvalue weighted by molar-refractivity contribution is -0.127. The van der Waals surface area contributed by atoms with Crippen LogP contribution < -0.4 is 0 Å². The summed E-state index contributed by atoms with van der Waals surface area (Å²) in [4.78, 5) is 13.5. The highest BCUT2D eigenvalue weighted by Crippen LogP contribution is 2.11. The highest BCUT2D eigenvalue weighted by molar-refractivity contribution is 8.00. The quantitative estimate of drug-likeness (QED) is 0.840. The molecule has 1 aromatic rings. The minimum Gasteiger partial charge on any atom is -0.395 e. The fourth-order valence-electron chi connectivity index (χ4n) is 1.32. The number of benzene rings is 1. The molecule has 1 N–H and O–H groups in total. The minimum absolute atomic E-state index is 0.0964. The molecule has 1 amide bonds. The van der Waals surface area contributed by atoms with Gasteiger partial charge in [0.25, 0.3) is 0 Å². The van der Waals surface area contributed by atoms with E-state index in [-0.39, 0.29) is 17.8 Å². The molecule has 94 valence electrons. The average Bonchev–Trinajstić information content (AvgIpc) is 2.36. The lowest BCUT2D eigenvalue weighted by Gasteiger charge is -2.18. The fourth-order valence-corrected chi connectivity index (χ4v) is 2.07. The second-order valence-corrected chi connectivity index (χ2v) is 5.47. The molecule has 1 unspecified atom stereocenters. The van der Waals surface area contributed by atoms with Crippen LogP contribution in [0.15, 0.2) is 30.3 Å². The number of carbonyl (C=O) groups excluding carboxylic acids is 1. The van der Waals surface area contributed by atoms with Crippen LogP contribution in [0.4, 0.5) is 0 Å². The molecule has 1 atom stereocenters. The normalized spacial score (nSPS) is 12.2. The van der Waals surface area contributed by atoms with Gasteiger partial charge >= 0.3 is 0 Å². The van der Waals surface area contributed by atoms with E-state index in [0.717, 1.165) is 5.56 Å². The molecule has 0 bridgehead atoms. The highest BCUT2D eigenvalue weighted by atomic mass is 32.2. The third-order valence-corrected chi connectivity index (χ3v) is 3.57. The Bertz CT molecular complexity index is 343. The van der Waals surface area contributed by atoms with Crippen LogP contribution in [0.25, 0.3) is 0 Å². The van der Waals surface area contributed by atoms with Crippen LogP contribution in [0.2, 0.25) is 0 Å². The second kappa shape index (κ2) is 7.35. The van der Waals surface area contributed by atoms with E-state index in [4.69, 9.17) is 5.11 Å². The van der Waals surface area contributed by atoms with E-state index in [1.54, 1.807) is 11.9 Å². The van der Waals surface area contributed by atoms with E-state index >= 15 is 0 Å². The van der Waals surface area contributed by atoms with Crippen molar-refractivity contribution in [2.24, 2.45) is 0 Å². The summed E-state index contributed by atoms with van der Waals surface area (Å²) in [5.74, 6) is 0.518. The first kappa shape index (κ1) is 14.1. The SMILES string of the molecule is CC(CO)SCC(=O)N(C)Cc1ccccc1. The van der Waals surface area contributed by atoms with Crippen molar-refractivity contribution in [3.05, 3.63) is 35.9 Å². The van der Waals surface area contributed by atoms with Gasteiger partial charge in [-0.15, -0.1) is 11.8 Å². The maximum atomic E-state index is 11.8.